The third kappa shape index (κ3) is 5.25. The van der Waals surface area contributed by atoms with Gasteiger partial charge in [-0.1, -0.05) is 12.1 Å². The topological polar surface area (TPSA) is 72.2 Å². The van der Waals surface area contributed by atoms with E-state index in [4.69, 9.17) is 5.84 Å². The first kappa shape index (κ1) is 14.1. The molecule has 0 bridgehead atoms. The van der Waals surface area contributed by atoms with Crippen molar-refractivity contribution in [2.75, 3.05) is 12.0 Å². The fourth-order valence-corrected chi connectivity index (χ4v) is 2.31. The van der Waals surface area contributed by atoms with Gasteiger partial charge in [-0.15, -0.1) is 0 Å². The molecule has 0 aliphatic carbocycles. The summed E-state index contributed by atoms with van der Waals surface area (Å²) in [4.78, 5) is 0. The number of hydrogen-bond donors (Lipinski definition) is 2. The van der Waals surface area contributed by atoms with Crippen LogP contribution in [0.3, 0.4) is 0 Å². The van der Waals surface area contributed by atoms with Crippen LogP contribution in [0.15, 0.2) is 24.3 Å². The van der Waals surface area contributed by atoms with Gasteiger partial charge in [-0.05, 0) is 30.5 Å². The molecule has 0 aromatic heterocycles. The van der Waals surface area contributed by atoms with Gasteiger partial charge in [-0.3, -0.25) is 11.3 Å². The van der Waals surface area contributed by atoms with Gasteiger partial charge in [0.15, 0.2) is 0 Å². The van der Waals surface area contributed by atoms with Crippen molar-refractivity contribution in [3.8, 4) is 0 Å². The number of hydrogen-bond acceptors (Lipinski definition) is 4. The van der Waals surface area contributed by atoms with Crippen LogP contribution >= 0.6 is 0 Å². The SMILES string of the molecule is CS(=O)(=O)CCCC(NN)c1cccc(F)c1. The van der Waals surface area contributed by atoms with Crippen LogP contribution in [-0.2, 0) is 9.84 Å². The van der Waals surface area contributed by atoms with Crippen molar-refractivity contribution in [3.63, 3.8) is 0 Å². The lowest BCUT2D eigenvalue weighted by Gasteiger charge is -2.15. The highest BCUT2D eigenvalue weighted by Gasteiger charge is 2.11. The second kappa shape index (κ2) is 6.09. The zero-order chi connectivity index (χ0) is 12.9. The van der Waals surface area contributed by atoms with Crippen molar-refractivity contribution in [2.24, 2.45) is 5.84 Å². The van der Waals surface area contributed by atoms with E-state index in [9.17, 15) is 12.8 Å². The van der Waals surface area contributed by atoms with Crippen LogP contribution in [-0.4, -0.2) is 20.4 Å². The molecule has 0 saturated carbocycles. The van der Waals surface area contributed by atoms with Crippen molar-refractivity contribution >= 4 is 9.84 Å². The van der Waals surface area contributed by atoms with E-state index < -0.39 is 9.84 Å². The normalized spacial score (nSPS) is 13.6. The van der Waals surface area contributed by atoms with Gasteiger partial charge in [0.25, 0.3) is 0 Å². The van der Waals surface area contributed by atoms with E-state index in [1.54, 1.807) is 12.1 Å². The van der Waals surface area contributed by atoms with Crippen LogP contribution in [0, 0.1) is 5.82 Å². The highest BCUT2D eigenvalue weighted by molar-refractivity contribution is 7.90. The van der Waals surface area contributed by atoms with Crippen LogP contribution in [0.1, 0.15) is 24.4 Å². The fourth-order valence-electron chi connectivity index (χ4n) is 1.62. The van der Waals surface area contributed by atoms with E-state index in [-0.39, 0.29) is 17.6 Å². The summed E-state index contributed by atoms with van der Waals surface area (Å²) in [6.45, 7) is 0. The molecular formula is C11H17FN2O2S. The molecule has 1 rings (SSSR count). The standard InChI is InChI=1S/C11H17FN2O2S/c1-17(15,16)7-3-6-11(14-13)9-4-2-5-10(12)8-9/h2,4-5,8,11,14H,3,6-7,13H2,1H3. The lowest BCUT2D eigenvalue weighted by molar-refractivity contribution is 0.503. The minimum atomic E-state index is -2.96. The number of benzene rings is 1. The predicted molar refractivity (Wildman–Crippen MR) is 65.4 cm³/mol. The van der Waals surface area contributed by atoms with Gasteiger partial charge >= 0.3 is 0 Å². The summed E-state index contributed by atoms with van der Waals surface area (Å²) in [7, 11) is -2.96. The molecule has 0 heterocycles. The number of rotatable bonds is 6. The zero-order valence-electron chi connectivity index (χ0n) is 9.69. The Kier molecular flexibility index (Phi) is 5.04. The number of halogens is 1. The summed E-state index contributed by atoms with van der Waals surface area (Å²) in [5, 5.41) is 0. The van der Waals surface area contributed by atoms with Gasteiger partial charge in [0.2, 0.25) is 0 Å². The molecule has 0 aliphatic heterocycles. The van der Waals surface area contributed by atoms with Crippen LogP contribution in [0.4, 0.5) is 4.39 Å². The van der Waals surface area contributed by atoms with Crippen molar-refractivity contribution in [1.82, 2.24) is 5.43 Å². The molecule has 0 fully saturated rings. The van der Waals surface area contributed by atoms with E-state index in [1.165, 1.54) is 18.4 Å². The quantitative estimate of drug-likeness (QED) is 0.594. The van der Waals surface area contributed by atoms with Gasteiger partial charge in [-0.25, -0.2) is 12.8 Å². The summed E-state index contributed by atoms with van der Waals surface area (Å²) in [6.07, 6.45) is 2.23. The maximum Gasteiger partial charge on any atom is 0.147 e. The van der Waals surface area contributed by atoms with Crippen molar-refractivity contribution in [1.29, 1.82) is 0 Å². The maximum atomic E-state index is 13.0. The van der Waals surface area contributed by atoms with Crippen molar-refractivity contribution in [2.45, 2.75) is 18.9 Å². The molecule has 3 N–H and O–H groups in total. The Bertz CT molecular complexity index is 462. The summed E-state index contributed by atoms with van der Waals surface area (Å²) in [6, 6.07) is 5.88. The smallest absolute Gasteiger partial charge is 0.147 e. The Hall–Kier alpha value is -0.980. The second-order valence-corrected chi connectivity index (χ2v) is 6.31. The minimum Gasteiger partial charge on any atom is -0.271 e. The molecule has 0 spiro atoms. The van der Waals surface area contributed by atoms with Crippen LogP contribution in [0.5, 0.6) is 0 Å². The Labute approximate surface area is 101 Å². The van der Waals surface area contributed by atoms with Crippen molar-refractivity contribution < 1.29 is 12.8 Å². The van der Waals surface area contributed by atoms with Crippen LogP contribution in [0.25, 0.3) is 0 Å². The highest BCUT2D eigenvalue weighted by atomic mass is 32.2. The first-order valence-corrected chi connectivity index (χ1v) is 7.38. The van der Waals surface area contributed by atoms with Gasteiger partial charge in [0, 0.05) is 18.1 Å². The summed E-state index contributed by atoms with van der Waals surface area (Å²) in [5.41, 5.74) is 3.29. The molecule has 6 heteroatoms. The first-order chi connectivity index (χ1) is 7.92. The first-order valence-electron chi connectivity index (χ1n) is 5.31. The minimum absolute atomic E-state index is 0.112. The lowest BCUT2D eigenvalue weighted by atomic mass is 10.0. The molecule has 0 aliphatic rings. The molecule has 0 radical (unpaired) electrons. The van der Waals surface area contributed by atoms with E-state index >= 15 is 0 Å². The van der Waals surface area contributed by atoms with E-state index in [1.807, 2.05) is 0 Å². The number of nitrogens with two attached hydrogens (primary N) is 1. The Morgan fingerprint density at radius 3 is 2.71 bits per heavy atom. The third-order valence-electron chi connectivity index (χ3n) is 2.46. The molecule has 17 heavy (non-hydrogen) atoms. The summed E-state index contributed by atoms with van der Waals surface area (Å²) in [5.74, 6) is 5.17. The zero-order valence-corrected chi connectivity index (χ0v) is 10.5. The molecular weight excluding hydrogens is 243 g/mol. The molecule has 96 valence electrons. The molecule has 1 atom stereocenters. The van der Waals surface area contributed by atoms with Gasteiger partial charge in [0.05, 0.1) is 0 Å². The average Bonchev–Trinajstić information content (AvgIpc) is 2.23. The lowest BCUT2D eigenvalue weighted by Crippen LogP contribution is -2.28. The van der Waals surface area contributed by atoms with Gasteiger partial charge in [-0.2, -0.15) is 0 Å². The Morgan fingerprint density at radius 1 is 1.47 bits per heavy atom. The molecule has 4 nitrogen and oxygen atoms in total. The van der Waals surface area contributed by atoms with Crippen molar-refractivity contribution in [3.05, 3.63) is 35.6 Å². The van der Waals surface area contributed by atoms with E-state index in [2.05, 4.69) is 5.43 Å². The van der Waals surface area contributed by atoms with E-state index in [0.717, 1.165) is 5.56 Å². The van der Waals surface area contributed by atoms with Crippen LogP contribution in [0.2, 0.25) is 0 Å². The maximum absolute atomic E-state index is 13.0. The Balaban J connectivity index is 2.60. The predicted octanol–water partition coefficient (Wildman–Crippen LogP) is 1.15. The largest absolute Gasteiger partial charge is 0.271 e. The monoisotopic (exact) mass is 260 g/mol. The molecule has 1 unspecified atom stereocenters. The second-order valence-electron chi connectivity index (χ2n) is 4.05. The third-order valence-corrected chi connectivity index (χ3v) is 3.49. The Morgan fingerprint density at radius 2 is 2.18 bits per heavy atom. The highest BCUT2D eigenvalue weighted by Crippen LogP contribution is 2.18. The molecule has 0 amide bonds. The van der Waals surface area contributed by atoms with Gasteiger partial charge in [0.1, 0.15) is 15.7 Å². The fraction of sp³-hybridized carbons (Fsp3) is 0.455. The number of hydrazine groups is 1. The number of nitrogens with one attached hydrogen (secondary N) is 1. The molecule has 1 aromatic rings. The molecule has 0 saturated heterocycles. The summed E-state index contributed by atoms with van der Waals surface area (Å²) >= 11 is 0. The van der Waals surface area contributed by atoms with E-state index in [0.29, 0.717) is 12.8 Å². The number of sulfone groups is 1. The van der Waals surface area contributed by atoms with Gasteiger partial charge < -0.3 is 0 Å². The molecule has 1 aromatic carbocycles. The summed E-state index contributed by atoms with van der Waals surface area (Å²) < 4.78 is 35.0. The average molecular weight is 260 g/mol. The van der Waals surface area contributed by atoms with Crippen LogP contribution < -0.4 is 11.3 Å².